The number of ether oxygens (including phenoxy) is 2. The van der Waals surface area contributed by atoms with Gasteiger partial charge in [0.05, 0.1) is 29.2 Å². The van der Waals surface area contributed by atoms with E-state index < -0.39 is 24.5 Å². The summed E-state index contributed by atoms with van der Waals surface area (Å²) in [4.78, 5) is 52.6. The van der Waals surface area contributed by atoms with Gasteiger partial charge in [0.15, 0.2) is 11.7 Å². The summed E-state index contributed by atoms with van der Waals surface area (Å²) in [5.41, 5.74) is 1.09. The third-order valence-corrected chi connectivity index (χ3v) is 5.54. The molecule has 3 rings (SSSR count). The fourth-order valence-electron chi connectivity index (χ4n) is 2.50. The summed E-state index contributed by atoms with van der Waals surface area (Å²) in [5, 5.41) is 8.92. The van der Waals surface area contributed by atoms with Crippen LogP contribution in [0.15, 0.2) is 47.2 Å². The zero-order valence-electron chi connectivity index (χ0n) is 17.0. The van der Waals surface area contributed by atoms with Crippen LogP contribution < -0.4 is 10.6 Å². The van der Waals surface area contributed by atoms with Crippen molar-refractivity contribution in [2.75, 3.05) is 23.8 Å². The normalized spacial score (nSPS) is 10.3. The molecule has 0 unspecified atom stereocenters. The van der Waals surface area contributed by atoms with Crippen molar-refractivity contribution < 1.29 is 28.7 Å². The molecule has 0 saturated heterocycles. The van der Waals surface area contributed by atoms with Gasteiger partial charge >= 0.3 is 11.9 Å². The lowest BCUT2D eigenvalue weighted by Gasteiger charge is -2.07. The molecule has 32 heavy (non-hydrogen) atoms. The first-order chi connectivity index (χ1) is 15.4. The summed E-state index contributed by atoms with van der Waals surface area (Å²) in [7, 11) is 0. The molecule has 2 N–H and O–H groups in total. The van der Waals surface area contributed by atoms with Gasteiger partial charge in [-0.05, 0) is 36.6 Å². The Morgan fingerprint density at radius 3 is 2.62 bits per heavy atom. The van der Waals surface area contributed by atoms with E-state index in [9.17, 15) is 19.2 Å². The second-order valence-corrected chi connectivity index (χ2v) is 8.07. The lowest BCUT2D eigenvalue weighted by molar-refractivity contribution is -0.142. The number of benzene rings is 1. The first-order valence-corrected chi connectivity index (χ1v) is 11.2. The van der Waals surface area contributed by atoms with Crippen molar-refractivity contribution in [3.05, 3.63) is 63.3 Å². The van der Waals surface area contributed by atoms with Gasteiger partial charge in [0.25, 0.3) is 11.8 Å². The van der Waals surface area contributed by atoms with Gasteiger partial charge in [0.1, 0.15) is 0 Å². The van der Waals surface area contributed by atoms with Gasteiger partial charge in [-0.2, -0.15) is 0 Å². The number of esters is 2. The van der Waals surface area contributed by atoms with E-state index in [1.54, 1.807) is 41.9 Å². The minimum absolute atomic E-state index is 0.00849. The van der Waals surface area contributed by atoms with Gasteiger partial charge < -0.3 is 14.8 Å². The zero-order chi connectivity index (χ0) is 22.9. The molecule has 2 heterocycles. The highest BCUT2D eigenvalue weighted by Gasteiger charge is 2.14. The molecule has 0 fully saturated rings. The van der Waals surface area contributed by atoms with Crippen LogP contribution in [0.3, 0.4) is 0 Å². The van der Waals surface area contributed by atoms with Crippen LogP contribution >= 0.6 is 22.7 Å². The standard InChI is InChI=1S/C21H19N3O6S2/c1-2-29-18(26)10-15-12-32-21(23-15)24-17(25)11-30-20(28)13-5-3-6-14(9-13)22-19(27)16-7-4-8-31-16/h3-9,12H,2,10-11H2,1H3,(H,22,27)(H,23,24,25). The third-order valence-electron chi connectivity index (χ3n) is 3.86. The number of anilines is 2. The lowest BCUT2D eigenvalue weighted by atomic mass is 10.2. The molecule has 166 valence electrons. The largest absolute Gasteiger partial charge is 0.466 e. The van der Waals surface area contributed by atoms with Crippen LogP contribution in [0.5, 0.6) is 0 Å². The Hall–Kier alpha value is -3.57. The van der Waals surface area contributed by atoms with E-state index in [-0.39, 0.29) is 29.6 Å². The van der Waals surface area contributed by atoms with Gasteiger partial charge in [0.2, 0.25) is 0 Å². The number of thiophene rings is 1. The summed E-state index contributed by atoms with van der Waals surface area (Å²) >= 11 is 2.45. The van der Waals surface area contributed by atoms with E-state index in [1.807, 2.05) is 0 Å². The van der Waals surface area contributed by atoms with Crippen LogP contribution in [0, 0.1) is 0 Å². The number of hydrogen-bond acceptors (Lipinski definition) is 9. The summed E-state index contributed by atoms with van der Waals surface area (Å²) in [5.74, 6) is -1.97. The van der Waals surface area contributed by atoms with Crippen molar-refractivity contribution in [1.29, 1.82) is 0 Å². The molecule has 2 aromatic heterocycles. The predicted octanol–water partition coefficient (Wildman–Crippen LogP) is 3.36. The van der Waals surface area contributed by atoms with Crippen molar-refractivity contribution >= 4 is 57.2 Å². The summed E-state index contributed by atoms with van der Waals surface area (Å²) in [6.45, 7) is 1.47. The van der Waals surface area contributed by atoms with Crippen LogP contribution in [-0.4, -0.2) is 42.0 Å². The van der Waals surface area contributed by atoms with Crippen molar-refractivity contribution in [3.63, 3.8) is 0 Å². The van der Waals surface area contributed by atoms with E-state index in [2.05, 4.69) is 15.6 Å². The van der Waals surface area contributed by atoms with Gasteiger partial charge in [-0.3, -0.25) is 19.7 Å². The third kappa shape index (κ3) is 6.72. The van der Waals surface area contributed by atoms with Gasteiger partial charge in [-0.1, -0.05) is 12.1 Å². The number of nitrogens with one attached hydrogen (secondary N) is 2. The molecule has 3 aromatic rings. The molecular weight excluding hydrogens is 454 g/mol. The van der Waals surface area contributed by atoms with Crippen LogP contribution in [-0.2, 0) is 25.5 Å². The molecule has 0 aliphatic rings. The van der Waals surface area contributed by atoms with E-state index in [4.69, 9.17) is 9.47 Å². The lowest BCUT2D eigenvalue weighted by Crippen LogP contribution is -2.21. The van der Waals surface area contributed by atoms with E-state index in [1.165, 1.54) is 23.5 Å². The molecule has 0 atom stereocenters. The molecule has 2 amide bonds. The van der Waals surface area contributed by atoms with E-state index in [0.717, 1.165) is 11.3 Å². The molecule has 11 heteroatoms. The van der Waals surface area contributed by atoms with Gasteiger partial charge in [-0.25, -0.2) is 9.78 Å². The molecule has 0 spiro atoms. The number of nitrogens with zero attached hydrogens (tertiary/aromatic N) is 1. The van der Waals surface area contributed by atoms with Gasteiger partial charge in [-0.15, -0.1) is 22.7 Å². The first kappa shape index (κ1) is 23.1. The van der Waals surface area contributed by atoms with Crippen LogP contribution in [0.2, 0.25) is 0 Å². The molecule has 9 nitrogen and oxygen atoms in total. The maximum Gasteiger partial charge on any atom is 0.338 e. The smallest absolute Gasteiger partial charge is 0.338 e. The number of rotatable bonds is 9. The second kappa shape index (κ2) is 11.2. The number of hydrogen-bond donors (Lipinski definition) is 2. The second-order valence-electron chi connectivity index (χ2n) is 6.26. The molecule has 0 bridgehead atoms. The average Bonchev–Trinajstić information content (AvgIpc) is 3.45. The first-order valence-electron chi connectivity index (χ1n) is 9.46. The monoisotopic (exact) mass is 473 g/mol. The number of amides is 2. The molecule has 1 aromatic carbocycles. The Balaban J connectivity index is 1.49. The molecular formula is C21H19N3O6S2. The fourth-order valence-corrected chi connectivity index (χ4v) is 3.85. The zero-order valence-corrected chi connectivity index (χ0v) is 18.6. The molecule has 0 aliphatic heterocycles. The Morgan fingerprint density at radius 1 is 1.03 bits per heavy atom. The van der Waals surface area contributed by atoms with E-state index in [0.29, 0.717) is 16.3 Å². The maximum atomic E-state index is 12.3. The Morgan fingerprint density at radius 2 is 1.88 bits per heavy atom. The molecule has 0 radical (unpaired) electrons. The average molecular weight is 474 g/mol. The summed E-state index contributed by atoms with van der Waals surface area (Å²) in [6, 6.07) is 9.69. The highest BCUT2D eigenvalue weighted by atomic mass is 32.1. The maximum absolute atomic E-state index is 12.3. The highest BCUT2D eigenvalue weighted by molar-refractivity contribution is 7.14. The van der Waals surface area contributed by atoms with Crippen molar-refractivity contribution in [2.45, 2.75) is 13.3 Å². The summed E-state index contributed by atoms with van der Waals surface area (Å²) < 4.78 is 9.89. The van der Waals surface area contributed by atoms with Crippen molar-refractivity contribution in [3.8, 4) is 0 Å². The minimum atomic E-state index is -0.713. The number of carbonyl (C=O) groups excluding carboxylic acids is 4. The van der Waals surface area contributed by atoms with E-state index >= 15 is 0 Å². The van der Waals surface area contributed by atoms with Crippen LogP contribution in [0.25, 0.3) is 0 Å². The quantitative estimate of drug-likeness (QED) is 0.457. The predicted molar refractivity (Wildman–Crippen MR) is 120 cm³/mol. The Bertz CT molecular complexity index is 1110. The minimum Gasteiger partial charge on any atom is -0.466 e. The number of aromatic nitrogens is 1. The molecule has 0 saturated carbocycles. The SMILES string of the molecule is CCOC(=O)Cc1csc(NC(=O)COC(=O)c2cccc(NC(=O)c3cccs3)c2)n1. The number of carbonyl (C=O) groups is 4. The van der Waals surface area contributed by atoms with Crippen molar-refractivity contribution in [2.24, 2.45) is 0 Å². The highest BCUT2D eigenvalue weighted by Crippen LogP contribution is 2.17. The topological polar surface area (TPSA) is 124 Å². The Kier molecular flexibility index (Phi) is 8.06. The molecule has 0 aliphatic carbocycles. The number of thiazole rings is 1. The Labute approximate surface area is 191 Å². The summed E-state index contributed by atoms with van der Waals surface area (Å²) in [6.07, 6.45) is 0.00849. The fraction of sp³-hybridized carbons (Fsp3) is 0.190. The van der Waals surface area contributed by atoms with Crippen molar-refractivity contribution in [1.82, 2.24) is 4.98 Å². The van der Waals surface area contributed by atoms with Crippen LogP contribution in [0.4, 0.5) is 10.8 Å². The van der Waals surface area contributed by atoms with Crippen LogP contribution in [0.1, 0.15) is 32.6 Å². The van der Waals surface area contributed by atoms with Gasteiger partial charge in [0, 0.05) is 11.1 Å².